The lowest BCUT2D eigenvalue weighted by Gasteiger charge is -2.33. The summed E-state index contributed by atoms with van der Waals surface area (Å²) >= 11 is 1.36. The lowest BCUT2D eigenvalue weighted by atomic mass is 10.0. The summed E-state index contributed by atoms with van der Waals surface area (Å²) in [6.07, 6.45) is 2.44. The Hall–Kier alpha value is -3.98. The molecule has 0 radical (unpaired) electrons. The average molecular weight is 535 g/mol. The smallest absolute Gasteiger partial charge is 0.410 e. The third-order valence-corrected chi connectivity index (χ3v) is 7.10. The number of hydrogen-bond acceptors (Lipinski definition) is 9. The highest BCUT2D eigenvalue weighted by molar-refractivity contribution is 7.03. The van der Waals surface area contributed by atoms with Gasteiger partial charge in [-0.15, -0.1) is 5.10 Å². The zero-order chi connectivity index (χ0) is 27.0. The Labute approximate surface area is 224 Å². The molecule has 1 aliphatic heterocycles. The van der Waals surface area contributed by atoms with Crippen LogP contribution in [0, 0.1) is 18.3 Å². The van der Waals surface area contributed by atoms with E-state index >= 15 is 0 Å². The highest BCUT2D eigenvalue weighted by Gasteiger charge is 2.29. The quantitative estimate of drug-likeness (QED) is 0.353. The number of likely N-dealkylation sites (tertiary alicyclic amines) is 1. The van der Waals surface area contributed by atoms with Crippen LogP contribution in [0.4, 0.5) is 4.79 Å². The van der Waals surface area contributed by atoms with Gasteiger partial charge in [-0.3, -0.25) is 4.40 Å². The number of amides is 1. The van der Waals surface area contributed by atoms with Crippen LogP contribution in [0.15, 0.2) is 29.8 Å². The summed E-state index contributed by atoms with van der Waals surface area (Å²) in [5.74, 6) is 0.478. The zero-order valence-corrected chi connectivity index (χ0v) is 22.9. The molecule has 0 aliphatic carbocycles. The van der Waals surface area contributed by atoms with Gasteiger partial charge in [-0.05, 0) is 71.1 Å². The van der Waals surface area contributed by atoms with Crippen molar-refractivity contribution in [2.45, 2.75) is 65.2 Å². The van der Waals surface area contributed by atoms with E-state index < -0.39 is 5.60 Å². The molecule has 0 saturated carbocycles. The number of ether oxygens (including phenoxy) is 2. The highest BCUT2D eigenvalue weighted by Crippen LogP contribution is 2.33. The van der Waals surface area contributed by atoms with Gasteiger partial charge in [0.2, 0.25) is 5.88 Å². The lowest BCUT2D eigenvalue weighted by Crippen LogP contribution is -2.42. The van der Waals surface area contributed by atoms with Gasteiger partial charge in [0.25, 0.3) is 0 Å². The van der Waals surface area contributed by atoms with E-state index in [-0.39, 0.29) is 18.2 Å². The van der Waals surface area contributed by atoms with Crippen LogP contribution in [0.1, 0.15) is 69.8 Å². The van der Waals surface area contributed by atoms with Crippen molar-refractivity contribution in [2.24, 2.45) is 0 Å². The number of fused-ring (bicyclic) bond motifs is 1. The second-order valence-electron chi connectivity index (χ2n) is 10.4. The first kappa shape index (κ1) is 25.7. The van der Waals surface area contributed by atoms with Crippen LogP contribution in [0.3, 0.4) is 0 Å². The first-order valence-electron chi connectivity index (χ1n) is 12.5. The van der Waals surface area contributed by atoms with Crippen LogP contribution in [0.2, 0.25) is 0 Å². The standard InChI is InChI=1S/C26H30N8O3S/c1-16-24(29-31-34(16)19-6-9-32(10-7-19)25(35)37-26(3,4)5)18-12-22-28-15-20(14-27)33(22)23(13-18)36-17(2)21-8-11-38-30-21/h8,11-13,15,17,19H,6-7,9-10H2,1-5H3. The molecule has 0 aromatic carbocycles. The molecule has 198 valence electrons. The summed E-state index contributed by atoms with van der Waals surface area (Å²) in [4.78, 5) is 18.6. The minimum Gasteiger partial charge on any atom is -0.469 e. The first-order valence-corrected chi connectivity index (χ1v) is 13.4. The number of piperidine rings is 1. The van der Waals surface area contributed by atoms with Crippen molar-refractivity contribution in [3.63, 3.8) is 0 Å². The van der Waals surface area contributed by atoms with Crippen molar-refractivity contribution in [3.8, 4) is 23.2 Å². The van der Waals surface area contributed by atoms with E-state index in [4.69, 9.17) is 9.47 Å². The summed E-state index contributed by atoms with van der Waals surface area (Å²) < 4.78 is 19.8. The lowest BCUT2D eigenvalue weighted by molar-refractivity contribution is 0.0184. The predicted octanol–water partition coefficient (Wildman–Crippen LogP) is 4.94. The number of aromatic nitrogens is 6. The maximum atomic E-state index is 12.5. The molecule has 11 nitrogen and oxygen atoms in total. The van der Waals surface area contributed by atoms with E-state index in [0.29, 0.717) is 30.3 Å². The van der Waals surface area contributed by atoms with E-state index in [1.54, 1.807) is 9.30 Å². The van der Waals surface area contributed by atoms with Crippen LogP contribution in [0.25, 0.3) is 16.9 Å². The summed E-state index contributed by atoms with van der Waals surface area (Å²) in [5.41, 5.74) is 3.68. The van der Waals surface area contributed by atoms with Crippen molar-refractivity contribution in [3.05, 3.63) is 46.9 Å². The summed E-state index contributed by atoms with van der Waals surface area (Å²) in [6, 6.07) is 7.96. The van der Waals surface area contributed by atoms with Gasteiger partial charge in [0, 0.05) is 30.1 Å². The van der Waals surface area contributed by atoms with Gasteiger partial charge in [0.1, 0.15) is 34.8 Å². The maximum absolute atomic E-state index is 12.5. The van der Waals surface area contributed by atoms with Crippen LogP contribution in [-0.4, -0.2) is 58.4 Å². The Morgan fingerprint density at radius 3 is 2.68 bits per heavy atom. The molecule has 5 heterocycles. The maximum Gasteiger partial charge on any atom is 0.410 e. The number of carbonyl (C=O) groups excluding carboxylic acids is 1. The highest BCUT2D eigenvalue weighted by atomic mass is 32.1. The molecule has 12 heteroatoms. The number of nitrogens with zero attached hydrogens (tertiary/aromatic N) is 8. The largest absolute Gasteiger partial charge is 0.469 e. The topological polar surface area (TPSA) is 123 Å². The summed E-state index contributed by atoms with van der Waals surface area (Å²) in [5, 5.41) is 20.5. The molecule has 1 unspecified atom stereocenters. The second kappa shape index (κ2) is 10.1. The molecule has 1 atom stereocenters. The molecule has 1 fully saturated rings. The Morgan fingerprint density at radius 2 is 2.03 bits per heavy atom. The molecular weight excluding hydrogens is 504 g/mol. The van der Waals surface area contributed by atoms with Crippen molar-refractivity contribution in [2.75, 3.05) is 13.1 Å². The van der Waals surface area contributed by atoms with Gasteiger partial charge in [0.05, 0.1) is 23.6 Å². The fourth-order valence-electron chi connectivity index (χ4n) is 4.63. The minimum absolute atomic E-state index is 0.121. The Kier molecular flexibility index (Phi) is 6.79. The molecule has 4 aromatic heterocycles. The van der Waals surface area contributed by atoms with Gasteiger partial charge >= 0.3 is 6.09 Å². The van der Waals surface area contributed by atoms with Crippen molar-refractivity contribution >= 4 is 23.3 Å². The fraction of sp³-hybridized carbons (Fsp3) is 0.462. The molecule has 1 saturated heterocycles. The first-order chi connectivity index (χ1) is 18.1. The number of pyridine rings is 1. The SMILES string of the molecule is Cc1c(-c2cc(OC(C)c3ccsn3)n3c(C#N)cnc3c2)nnn1C1CCN(C(=O)OC(C)(C)C)CC1. The number of rotatable bonds is 5. The normalized spacial score (nSPS) is 15.4. The Morgan fingerprint density at radius 1 is 1.26 bits per heavy atom. The van der Waals surface area contributed by atoms with Gasteiger partial charge in [-0.2, -0.15) is 9.64 Å². The minimum atomic E-state index is -0.518. The molecule has 38 heavy (non-hydrogen) atoms. The summed E-state index contributed by atoms with van der Waals surface area (Å²) in [6.45, 7) is 10.7. The van der Waals surface area contributed by atoms with E-state index in [1.807, 2.05) is 62.9 Å². The van der Waals surface area contributed by atoms with Crippen molar-refractivity contribution < 1.29 is 14.3 Å². The molecule has 0 N–H and O–H groups in total. The van der Waals surface area contributed by atoms with Crippen LogP contribution < -0.4 is 4.74 Å². The van der Waals surface area contributed by atoms with Crippen molar-refractivity contribution in [1.29, 1.82) is 5.26 Å². The van der Waals surface area contributed by atoms with Gasteiger partial charge in [0.15, 0.2) is 0 Å². The van der Waals surface area contributed by atoms with Crippen LogP contribution in [0.5, 0.6) is 5.88 Å². The Balaban J connectivity index is 1.40. The predicted molar refractivity (Wildman–Crippen MR) is 141 cm³/mol. The monoisotopic (exact) mass is 534 g/mol. The molecule has 4 aromatic rings. The van der Waals surface area contributed by atoms with Gasteiger partial charge < -0.3 is 14.4 Å². The molecule has 1 aliphatic rings. The summed E-state index contributed by atoms with van der Waals surface area (Å²) in [7, 11) is 0. The van der Waals surface area contributed by atoms with Crippen LogP contribution >= 0.6 is 11.5 Å². The van der Waals surface area contributed by atoms with E-state index in [2.05, 4.69) is 25.7 Å². The van der Waals surface area contributed by atoms with E-state index in [9.17, 15) is 10.1 Å². The molecule has 0 spiro atoms. The molecule has 1 amide bonds. The third-order valence-electron chi connectivity index (χ3n) is 6.52. The zero-order valence-electron chi connectivity index (χ0n) is 22.1. The Bertz CT molecular complexity index is 1490. The van der Waals surface area contributed by atoms with Crippen molar-refractivity contribution in [1.82, 2.24) is 33.7 Å². The number of imidazole rings is 1. The number of hydrogen-bond donors (Lipinski definition) is 0. The molecule has 0 bridgehead atoms. The van der Waals surface area contributed by atoms with E-state index in [1.165, 1.54) is 17.7 Å². The fourth-order valence-corrected chi connectivity index (χ4v) is 5.22. The van der Waals surface area contributed by atoms with E-state index in [0.717, 1.165) is 35.5 Å². The number of nitriles is 1. The van der Waals surface area contributed by atoms with Crippen LogP contribution in [-0.2, 0) is 4.74 Å². The average Bonchev–Trinajstić information content (AvgIpc) is 3.63. The molecule has 5 rings (SSSR count). The van der Waals surface area contributed by atoms with Gasteiger partial charge in [-0.25, -0.2) is 14.5 Å². The third kappa shape index (κ3) is 5.06. The second-order valence-corrected chi connectivity index (χ2v) is 11.0. The molecular formula is C26H30N8O3S. The van der Waals surface area contributed by atoms with Gasteiger partial charge in [-0.1, -0.05) is 5.21 Å². The number of carbonyl (C=O) groups is 1.